The summed E-state index contributed by atoms with van der Waals surface area (Å²) in [5, 5.41) is 12.3. The molecule has 4 aromatic rings. The summed E-state index contributed by atoms with van der Waals surface area (Å²) in [5.41, 5.74) is 1.10. The Hall–Kier alpha value is -4.63. The Morgan fingerprint density at radius 1 is 1.16 bits per heavy atom. The van der Waals surface area contributed by atoms with Crippen molar-refractivity contribution in [1.82, 2.24) is 19.3 Å². The minimum Gasteiger partial charge on any atom is -0.480 e. The number of rotatable bonds is 11. The van der Waals surface area contributed by atoms with E-state index in [2.05, 4.69) is 20.0 Å². The molecule has 0 saturated heterocycles. The number of sulfonamides is 1. The number of hydrogen-bond acceptors (Lipinski definition) is 7. The number of fused-ring (bicyclic) bond motifs is 1. The summed E-state index contributed by atoms with van der Waals surface area (Å²) in [5.74, 6) is -3.36. The molecule has 1 atom stereocenters. The third-order valence-electron chi connectivity index (χ3n) is 7.28. The van der Waals surface area contributed by atoms with Gasteiger partial charge in [-0.15, -0.1) is 0 Å². The highest BCUT2D eigenvalue weighted by Gasteiger charge is 2.31. The molecule has 0 aliphatic carbocycles. The Morgan fingerprint density at radius 3 is 2.34 bits per heavy atom. The summed E-state index contributed by atoms with van der Waals surface area (Å²) < 4.78 is 60.5. The number of carboxylic acid groups (broad SMARTS) is 1. The van der Waals surface area contributed by atoms with Crippen molar-refractivity contribution in [3.63, 3.8) is 0 Å². The first-order valence-corrected chi connectivity index (χ1v) is 14.9. The van der Waals surface area contributed by atoms with Crippen molar-refractivity contribution in [2.75, 3.05) is 16.8 Å². The second-order valence-electron chi connectivity index (χ2n) is 10.6. The van der Waals surface area contributed by atoms with Crippen molar-refractivity contribution in [1.29, 1.82) is 0 Å². The van der Waals surface area contributed by atoms with E-state index in [0.29, 0.717) is 27.7 Å². The lowest BCUT2D eigenvalue weighted by Crippen LogP contribution is -2.49. The van der Waals surface area contributed by atoms with Crippen molar-refractivity contribution in [3.05, 3.63) is 79.9 Å². The van der Waals surface area contributed by atoms with Crippen molar-refractivity contribution in [2.45, 2.75) is 52.1 Å². The Labute approximate surface area is 251 Å². The fourth-order valence-corrected chi connectivity index (χ4v) is 6.81. The van der Waals surface area contributed by atoms with Gasteiger partial charge in [-0.05, 0) is 51.8 Å². The molecule has 0 spiro atoms. The van der Waals surface area contributed by atoms with Gasteiger partial charge in [0.05, 0.1) is 28.0 Å². The van der Waals surface area contributed by atoms with E-state index in [9.17, 15) is 27.9 Å². The number of aromatic nitrogens is 3. The number of carbonyl (C=O) groups is 2. The molecule has 12 nitrogen and oxygen atoms in total. The van der Waals surface area contributed by atoms with E-state index >= 15 is 8.78 Å². The highest BCUT2D eigenvalue weighted by atomic mass is 32.2. The predicted octanol–water partition coefficient (Wildman–Crippen LogP) is 3.09. The molecule has 0 aliphatic heterocycles. The summed E-state index contributed by atoms with van der Waals surface area (Å²) in [4.78, 5) is 45.4. The first-order valence-electron chi connectivity index (χ1n) is 13.4. The second kappa shape index (κ2) is 12.2. The summed E-state index contributed by atoms with van der Waals surface area (Å²) in [6, 6.07) is 2.23. The number of nitrogens with zero attached hydrogens (tertiary/aromatic N) is 3. The molecule has 0 radical (unpaired) electrons. The van der Waals surface area contributed by atoms with Crippen LogP contribution in [0.25, 0.3) is 10.9 Å². The largest absolute Gasteiger partial charge is 0.480 e. The number of hydrogen-bond donors (Lipinski definition) is 4. The highest BCUT2D eigenvalue weighted by Crippen LogP contribution is 2.26. The molecule has 0 fully saturated rings. The van der Waals surface area contributed by atoms with Gasteiger partial charge in [0, 0.05) is 31.0 Å². The number of anilines is 2. The first kappa shape index (κ1) is 32.3. The second-order valence-corrected chi connectivity index (χ2v) is 12.3. The van der Waals surface area contributed by atoms with Crippen LogP contribution in [0, 0.1) is 46.3 Å². The number of pyridine rings is 1. The van der Waals surface area contributed by atoms with Crippen LogP contribution in [0.5, 0.6) is 0 Å². The minimum absolute atomic E-state index is 0.109. The van der Waals surface area contributed by atoms with Gasteiger partial charge in [-0.25, -0.2) is 22.2 Å². The molecule has 15 heteroatoms. The molecule has 4 rings (SSSR count). The van der Waals surface area contributed by atoms with Crippen LogP contribution in [0.3, 0.4) is 0 Å². The Kier molecular flexibility index (Phi) is 8.93. The number of aryl methyl sites for hydroxylation is 6. The van der Waals surface area contributed by atoms with E-state index in [1.54, 1.807) is 46.8 Å². The lowest BCUT2D eigenvalue weighted by Gasteiger charge is -2.24. The van der Waals surface area contributed by atoms with E-state index in [4.69, 9.17) is 0 Å². The summed E-state index contributed by atoms with van der Waals surface area (Å²) in [6.07, 6.45) is 1.24. The highest BCUT2D eigenvalue weighted by molar-refractivity contribution is 7.89. The molecule has 2 aromatic heterocycles. The molecule has 1 amide bonds. The third-order valence-corrected chi connectivity index (χ3v) is 9.06. The fourth-order valence-electron chi connectivity index (χ4n) is 5.18. The molecule has 0 bridgehead atoms. The quantitative estimate of drug-likeness (QED) is 0.184. The van der Waals surface area contributed by atoms with Crippen LogP contribution in [0.4, 0.5) is 20.4 Å². The van der Waals surface area contributed by atoms with Gasteiger partial charge in [-0.1, -0.05) is 17.7 Å². The number of benzene rings is 2. The van der Waals surface area contributed by atoms with Gasteiger partial charge in [0.2, 0.25) is 27.8 Å². The molecule has 234 valence electrons. The normalized spacial score (nSPS) is 12.4. The molecular formula is C29H32F2N6O6S. The Morgan fingerprint density at radius 2 is 1.80 bits per heavy atom. The maximum atomic E-state index is 15.6. The monoisotopic (exact) mass is 630 g/mol. The lowest BCUT2D eigenvalue weighted by molar-refractivity contribution is -0.138. The standard InChI is InChI=1S/C29H32F2N6O6S/c1-14-7-15(2)27(16(3)8-14)44(42,43)35-22(28(40)41)11-37(13-38)23-12-36(6)25-19(26(23)39)9-21(30)20(24(25)31)10-32-29-33-17(4)18(5)34-29/h7-9,12-13,22,35H,10-11H2,1-6H3,(H,40,41)(H2,32,33,34). The lowest BCUT2D eigenvalue weighted by atomic mass is 10.1. The van der Waals surface area contributed by atoms with Crippen LogP contribution >= 0.6 is 0 Å². The van der Waals surface area contributed by atoms with E-state index in [0.717, 1.165) is 23.5 Å². The van der Waals surface area contributed by atoms with Crippen LogP contribution in [0.2, 0.25) is 0 Å². The van der Waals surface area contributed by atoms with Crippen molar-refractivity contribution >= 4 is 44.9 Å². The van der Waals surface area contributed by atoms with Crippen LogP contribution in [-0.4, -0.2) is 53.0 Å². The first-order chi connectivity index (χ1) is 20.5. The Balaban J connectivity index is 1.69. The zero-order valence-corrected chi connectivity index (χ0v) is 25.7. The molecule has 2 heterocycles. The molecule has 44 heavy (non-hydrogen) atoms. The number of nitrogens with one attached hydrogen (secondary N) is 3. The van der Waals surface area contributed by atoms with E-state index in [1.165, 1.54) is 11.6 Å². The van der Waals surface area contributed by atoms with Crippen LogP contribution in [0.15, 0.2) is 34.1 Å². The number of imidazole rings is 1. The number of H-pyrrole nitrogens is 1. The van der Waals surface area contributed by atoms with Crippen LogP contribution in [-0.2, 0) is 33.2 Å². The number of aromatic amines is 1. The van der Waals surface area contributed by atoms with E-state index in [1.807, 2.05) is 0 Å². The van der Waals surface area contributed by atoms with E-state index < -0.39 is 56.7 Å². The molecule has 0 aliphatic rings. The Bertz CT molecular complexity index is 1930. The van der Waals surface area contributed by atoms with Crippen molar-refractivity contribution in [3.8, 4) is 0 Å². The van der Waals surface area contributed by atoms with Gasteiger partial charge >= 0.3 is 5.97 Å². The maximum absolute atomic E-state index is 15.6. The average molecular weight is 631 g/mol. The minimum atomic E-state index is -4.38. The van der Waals surface area contributed by atoms with Gasteiger partial charge in [0.25, 0.3) is 0 Å². The zero-order valence-electron chi connectivity index (χ0n) is 24.9. The molecule has 0 saturated carbocycles. The predicted molar refractivity (Wildman–Crippen MR) is 160 cm³/mol. The van der Waals surface area contributed by atoms with Gasteiger partial charge in [0.15, 0.2) is 5.82 Å². The number of amides is 1. The molecule has 4 N–H and O–H groups in total. The van der Waals surface area contributed by atoms with Crippen molar-refractivity contribution in [2.24, 2.45) is 7.05 Å². The number of carbonyl (C=O) groups excluding carboxylic acids is 1. The van der Waals surface area contributed by atoms with Crippen LogP contribution < -0.4 is 20.4 Å². The molecular weight excluding hydrogens is 598 g/mol. The van der Waals surface area contributed by atoms with Crippen molar-refractivity contribution < 1.29 is 31.9 Å². The van der Waals surface area contributed by atoms with Gasteiger partial charge in [0.1, 0.15) is 17.5 Å². The number of carboxylic acids is 1. The topological polar surface area (TPSA) is 166 Å². The third kappa shape index (κ3) is 6.19. The SMILES string of the molecule is Cc1cc(C)c(S(=O)(=O)NC(CN(C=O)c2cn(C)c3c(F)c(CNc4nc(C)c(C)[nH]4)c(F)cc3c2=O)C(=O)O)c(C)c1. The van der Waals surface area contributed by atoms with E-state index in [-0.39, 0.29) is 28.9 Å². The summed E-state index contributed by atoms with van der Waals surface area (Å²) in [7, 11) is -3.02. The maximum Gasteiger partial charge on any atom is 0.323 e. The molecule has 2 aromatic carbocycles. The average Bonchev–Trinajstić information content (AvgIpc) is 3.23. The van der Waals surface area contributed by atoms with Gasteiger partial charge in [-0.2, -0.15) is 4.72 Å². The smallest absolute Gasteiger partial charge is 0.323 e. The van der Waals surface area contributed by atoms with Gasteiger partial charge in [-0.3, -0.25) is 14.4 Å². The zero-order chi connectivity index (χ0) is 32.7. The van der Waals surface area contributed by atoms with Gasteiger partial charge < -0.3 is 24.9 Å². The number of halogens is 2. The fraction of sp³-hybridized carbons (Fsp3) is 0.310. The molecule has 1 unspecified atom stereocenters. The van der Waals surface area contributed by atoms with Crippen LogP contribution in [0.1, 0.15) is 33.6 Å². The summed E-state index contributed by atoms with van der Waals surface area (Å²) in [6.45, 7) is 7.39. The summed E-state index contributed by atoms with van der Waals surface area (Å²) >= 11 is 0. The number of aliphatic carboxylic acids is 1.